The molecule has 0 atom stereocenters. The Morgan fingerprint density at radius 2 is 2.00 bits per heavy atom. The van der Waals surface area contributed by atoms with Crippen LogP contribution in [0.15, 0.2) is 17.0 Å². The van der Waals surface area contributed by atoms with Crippen LogP contribution in [0.3, 0.4) is 0 Å². The number of anilines is 1. The molecule has 0 spiro atoms. The van der Waals surface area contributed by atoms with Gasteiger partial charge in [-0.05, 0) is 25.0 Å². The van der Waals surface area contributed by atoms with Crippen LogP contribution < -0.4 is 5.73 Å². The first-order valence-electron chi connectivity index (χ1n) is 4.45. The topological polar surface area (TPSA) is 80.4 Å². The third-order valence-corrected chi connectivity index (χ3v) is 5.12. The number of nitrogens with two attached hydrogens (primary N) is 1. The summed E-state index contributed by atoms with van der Waals surface area (Å²) < 4.78 is 23.8. The highest BCUT2D eigenvalue weighted by Crippen LogP contribution is 2.42. The van der Waals surface area contributed by atoms with Crippen molar-refractivity contribution in [1.82, 2.24) is 0 Å². The zero-order valence-corrected chi connectivity index (χ0v) is 9.35. The van der Waals surface area contributed by atoms with E-state index in [9.17, 15) is 13.5 Å². The molecule has 82 valence electrons. The first-order valence-corrected chi connectivity index (χ1v) is 6.38. The van der Waals surface area contributed by atoms with Crippen molar-refractivity contribution in [3.8, 4) is 5.75 Å². The number of phenols is 1. The number of hydrogen-bond donors (Lipinski definition) is 2. The molecule has 0 aromatic heterocycles. The van der Waals surface area contributed by atoms with Crippen molar-refractivity contribution >= 4 is 27.1 Å². The molecule has 4 nitrogen and oxygen atoms in total. The van der Waals surface area contributed by atoms with Gasteiger partial charge in [0.1, 0.15) is 4.90 Å². The summed E-state index contributed by atoms with van der Waals surface area (Å²) in [6.07, 6.45) is 1.24. The molecule has 15 heavy (non-hydrogen) atoms. The first-order chi connectivity index (χ1) is 6.94. The molecule has 0 radical (unpaired) electrons. The van der Waals surface area contributed by atoms with Crippen LogP contribution in [0.4, 0.5) is 5.69 Å². The maximum absolute atomic E-state index is 11.9. The summed E-state index contributed by atoms with van der Waals surface area (Å²) in [5.74, 6) is -0.436. The lowest BCUT2D eigenvalue weighted by atomic mass is 10.3. The molecule has 1 fully saturated rings. The molecular formula is C9H10ClNO3S. The molecule has 0 saturated heterocycles. The second kappa shape index (κ2) is 3.28. The standard InChI is InChI=1S/C9H10ClNO3S/c10-6-3-4-7(11)8(12)9(6)15(13,14)5-1-2-5/h3-5,12H,1-2,11H2. The molecule has 0 bridgehead atoms. The van der Waals surface area contributed by atoms with E-state index in [4.69, 9.17) is 17.3 Å². The molecule has 6 heteroatoms. The third kappa shape index (κ3) is 1.66. The number of sulfone groups is 1. The lowest BCUT2D eigenvalue weighted by molar-refractivity contribution is 0.461. The Morgan fingerprint density at radius 1 is 1.40 bits per heavy atom. The highest BCUT2D eigenvalue weighted by molar-refractivity contribution is 7.92. The van der Waals surface area contributed by atoms with E-state index in [1.165, 1.54) is 12.1 Å². The fourth-order valence-corrected chi connectivity index (χ4v) is 3.67. The number of aromatic hydroxyl groups is 1. The molecular weight excluding hydrogens is 238 g/mol. The van der Waals surface area contributed by atoms with E-state index >= 15 is 0 Å². The zero-order valence-electron chi connectivity index (χ0n) is 7.77. The largest absolute Gasteiger partial charge is 0.504 e. The molecule has 0 aliphatic heterocycles. The predicted molar refractivity (Wildman–Crippen MR) is 57.7 cm³/mol. The molecule has 1 aromatic rings. The van der Waals surface area contributed by atoms with Gasteiger partial charge in [0.05, 0.1) is 16.0 Å². The molecule has 0 unspecified atom stereocenters. The van der Waals surface area contributed by atoms with E-state index < -0.39 is 20.8 Å². The van der Waals surface area contributed by atoms with Gasteiger partial charge in [-0.1, -0.05) is 11.6 Å². The maximum atomic E-state index is 11.9. The summed E-state index contributed by atoms with van der Waals surface area (Å²) in [7, 11) is -3.51. The Bertz CT molecular complexity index is 508. The maximum Gasteiger partial charge on any atom is 0.186 e. The Kier molecular flexibility index (Phi) is 2.31. The van der Waals surface area contributed by atoms with Gasteiger partial charge >= 0.3 is 0 Å². The van der Waals surface area contributed by atoms with Crippen LogP contribution in [-0.4, -0.2) is 18.8 Å². The average molecular weight is 248 g/mol. The fraction of sp³-hybridized carbons (Fsp3) is 0.333. The molecule has 3 N–H and O–H groups in total. The molecule has 1 aromatic carbocycles. The van der Waals surface area contributed by atoms with Gasteiger partial charge in [-0.15, -0.1) is 0 Å². The van der Waals surface area contributed by atoms with Gasteiger partial charge < -0.3 is 10.8 Å². The van der Waals surface area contributed by atoms with Crippen LogP contribution >= 0.6 is 11.6 Å². The van der Waals surface area contributed by atoms with Crippen molar-refractivity contribution in [3.05, 3.63) is 17.2 Å². The fourth-order valence-electron chi connectivity index (χ4n) is 1.38. The normalized spacial score (nSPS) is 16.6. The predicted octanol–water partition coefficient (Wildman–Crippen LogP) is 1.56. The first kappa shape index (κ1) is 10.6. The van der Waals surface area contributed by atoms with Crippen molar-refractivity contribution < 1.29 is 13.5 Å². The molecule has 1 aliphatic carbocycles. The van der Waals surface area contributed by atoms with Gasteiger partial charge in [-0.2, -0.15) is 0 Å². The number of benzene rings is 1. The van der Waals surface area contributed by atoms with E-state index in [0.717, 1.165) is 0 Å². The summed E-state index contributed by atoms with van der Waals surface area (Å²) in [6, 6.07) is 2.76. The summed E-state index contributed by atoms with van der Waals surface area (Å²) in [5, 5.41) is 9.21. The lowest BCUT2D eigenvalue weighted by Gasteiger charge is -2.09. The van der Waals surface area contributed by atoms with Crippen LogP contribution in [0.1, 0.15) is 12.8 Å². The van der Waals surface area contributed by atoms with E-state index in [2.05, 4.69) is 0 Å². The van der Waals surface area contributed by atoms with E-state index in [1.807, 2.05) is 0 Å². The van der Waals surface area contributed by atoms with Gasteiger partial charge in [0.15, 0.2) is 15.6 Å². The Hall–Kier alpha value is -0.940. The number of hydrogen-bond acceptors (Lipinski definition) is 4. The summed E-state index contributed by atoms with van der Waals surface area (Å²) in [4.78, 5) is -0.230. The molecule has 0 amide bonds. The third-order valence-electron chi connectivity index (χ3n) is 2.36. The van der Waals surface area contributed by atoms with Crippen LogP contribution in [0.25, 0.3) is 0 Å². The number of nitrogen functional groups attached to an aromatic ring is 1. The van der Waals surface area contributed by atoms with E-state index in [0.29, 0.717) is 12.8 Å². The zero-order chi connectivity index (χ0) is 11.2. The average Bonchev–Trinajstić information content (AvgIpc) is 2.94. The Labute approximate surface area is 92.6 Å². The summed E-state index contributed by atoms with van der Waals surface area (Å²) >= 11 is 5.76. The molecule has 0 heterocycles. The second-order valence-electron chi connectivity index (χ2n) is 3.56. The molecule has 1 saturated carbocycles. The molecule has 1 aliphatic rings. The quantitative estimate of drug-likeness (QED) is 0.614. The number of phenolic OH excluding ortho intramolecular Hbond substituents is 1. The van der Waals surface area contributed by atoms with Gasteiger partial charge in [-0.3, -0.25) is 0 Å². The minimum absolute atomic E-state index is 0.0219. The van der Waals surface area contributed by atoms with Crippen LogP contribution in [-0.2, 0) is 9.84 Å². The van der Waals surface area contributed by atoms with Crippen LogP contribution in [0, 0.1) is 0 Å². The highest BCUT2D eigenvalue weighted by atomic mass is 35.5. The highest BCUT2D eigenvalue weighted by Gasteiger charge is 2.40. The Morgan fingerprint density at radius 3 is 2.53 bits per heavy atom. The monoisotopic (exact) mass is 247 g/mol. The summed E-state index contributed by atoms with van der Waals surface area (Å²) in [6.45, 7) is 0. The van der Waals surface area contributed by atoms with Crippen molar-refractivity contribution in [3.63, 3.8) is 0 Å². The van der Waals surface area contributed by atoms with Crippen molar-refractivity contribution in [1.29, 1.82) is 0 Å². The van der Waals surface area contributed by atoms with Gasteiger partial charge in [0.25, 0.3) is 0 Å². The Balaban J connectivity index is 2.66. The van der Waals surface area contributed by atoms with Gasteiger partial charge in [-0.25, -0.2) is 8.42 Å². The van der Waals surface area contributed by atoms with Crippen molar-refractivity contribution in [2.45, 2.75) is 23.0 Å². The smallest absolute Gasteiger partial charge is 0.186 e. The SMILES string of the molecule is Nc1ccc(Cl)c(S(=O)(=O)C2CC2)c1O. The lowest BCUT2D eigenvalue weighted by Crippen LogP contribution is -2.09. The van der Waals surface area contributed by atoms with E-state index in [1.54, 1.807) is 0 Å². The van der Waals surface area contributed by atoms with Gasteiger partial charge in [0.2, 0.25) is 0 Å². The number of halogens is 1. The molecule has 2 rings (SSSR count). The van der Waals surface area contributed by atoms with Crippen molar-refractivity contribution in [2.24, 2.45) is 0 Å². The second-order valence-corrected chi connectivity index (χ2v) is 6.13. The van der Waals surface area contributed by atoms with Gasteiger partial charge in [0, 0.05) is 0 Å². The van der Waals surface area contributed by atoms with Crippen LogP contribution in [0.5, 0.6) is 5.75 Å². The minimum Gasteiger partial charge on any atom is -0.504 e. The van der Waals surface area contributed by atoms with E-state index in [-0.39, 0.29) is 15.6 Å². The summed E-state index contributed by atoms with van der Waals surface area (Å²) in [5.41, 5.74) is 5.46. The minimum atomic E-state index is -3.51. The number of rotatable bonds is 2. The van der Waals surface area contributed by atoms with Crippen LogP contribution in [0.2, 0.25) is 5.02 Å². The van der Waals surface area contributed by atoms with Crippen molar-refractivity contribution in [2.75, 3.05) is 5.73 Å².